The summed E-state index contributed by atoms with van der Waals surface area (Å²) in [4.78, 5) is 13.2. The van der Waals surface area contributed by atoms with Gasteiger partial charge in [-0.1, -0.05) is 72.3 Å². The van der Waals surface area contributed by atoms with E-state index in [1.807, 2.05) is 61.5 Å². The number of hydrogen-bond acceptors (Lipinski definition) is 1. The maximum absolute atomic E-state index is 13.2. The summed E-state index contributed by atoms with van der Waals surface area (Å²) in [5, 5.41) is 0. The molecule has 0 bridgehead atoms. The van der Waals surface area contributed by atoms with Crippen LogP contribution in [0.25, 0.3) is 11.1 Å². The van der Waals surface area contributed by atoms with Crippen LogP contribution in [0.4, 0.5) is 0 Å². The Morgan fingerprint density at radius 1 is 0.667 bits per heavy atom. The fraction of sp³-hybridized carbons (Fsp3) is 0.0870. The molecule has 0 aromatic heterocycles. The lowest BCUT2D eigenvalue weighted by Crippen LogP contribution is -1.99. The van der Waals surface area contributed by atoms with Crippen molar-refractivity contribution in [3.05, 3.63) is 106 Å². The van der Waals surface area contributed by atoms with Gasteiger partial charge in [-0.05, 0) is 42.2 Å². The third-order valence-electron chi connectivity index (χ3n) is 4.58. The maximum Gasteiger partial charge on any atom is 0.194 e. The molecule has 0 atom stereocenters. The van der Waals surface area contributed by atoms with E-state index in [0.717, 1.165) is 44.5 Å². The molecule has 1 heteroatoms. The van der Waals surface area contributed by atoms with Gasteiger partial charge in [0.15, 0.2) is 5.78 Å². The monoisotopic (exact) mass is 310 g/mol. The van der Waals surface area contributed by atoms with Crippen molar-refractivity contribution in [2.24, 2.45) is 0 Å². The lowest BCUT2D eigenvalue weighted by atomic mass is 9.92. The lowest BCUT2D eigenvalue weighted by molar-refractivity contribution is 0.105. The van der Waals surface area contributed by atoms with E-state index in [0.29, 0.717) is 0 Å². The summed E-state index contributed by atoms with van der Waals surface area (Å²) in [5.41, 5.74) is 8.13. The van der Waals surface area contributed by atoms with E-state index in [4.69, 9.17) is 0 Å². The number of aryl methyl sites for hydroxylation is 2. The summed E-state index contributed by atoms with van der Waals surface area (Å²) in [6.45, 7) is 4.14. The number of ketones is 1. The van der Waals surface area contributed by atoms with Gasteiger partial charge in [0.25, 0.3) is 0 Å². The van der Waals surface area contributed by atoms with Crippen molar-refractivity contribution >= 4 is 16.9 Å². The van der Waals surface area contributed by atoms with Crippen LogP contribution in [-0.2, 0) is 0 Å². The first kappa shape index (κ1) is 14.6. The van der Waals surface area contributed by atoms with Crippen molar-refractivity contribution in [1.29, 1.82) is 0 Å². The second-order valence-corrected chi connectivity index (χ2v) is 6.32. The maximum atomic E-state index is 13.2. The molecule has 3 aromatic carbocycles. The van der Waals surface area contributed by atoms with Gasteiger partial charge >= 0.3 is 0 Å². The molecule has 0 aliphatic heterocycles. The van der Waals surface area contributed by atoms with Gasteiger partial charge in [-0.3, -0.25) is 4.79 Å². The topological polar surface area (TPSA) is 17.1 Å². The summed E-state index contributed by atoms with van der Waals surface area (Å²) in [5.74, 6) is 0.127. The molecule has 4 rings (SSSR count). The Labute approximate surface area is 142 Å². The van der Waals surface area contributed by atoms with Crippen LogP contribution >= 0.6 is 0 Å². The Kier molecular flexibility index (Phi) is 3.42. The molecule has 0 radical (unpaired) electrons. The molecule has 0 fully saturated rings. The minimum atomic E-state index is 0.127. The second-order valence-electron chi connectivity index (χ2n) is 6.32. The van der Waals surface area contributed by atoms with Crippen LogP contribution in [0.3, 0.4) is 0 Å². The first-order chi connectivity index (χ1) is 11.7. The molecule has 0 heterocycles. The number of fused-ring (bicyclic) bond motifs is 1. The minimum Gasteiger partial charge on any atom is -0.289 e. The Bertz CT molecular complexity index is 964. The highest BCUT2D eigenvalue weighted by Crippen LogP contribution is 2.43. The third-order valence-corrected chi connectivity index (χ3v) is 4.58. The molecule has 116 valence electrons. The van der Waals surface area contributed by atoms with Crippen LogP contribution < -0.4 is 0 Å². The Balaban J connectivity index is 2.08. The smallest absolute Gasteiger partial charge is 0.194 e. The zero-order valence-electron chi connectivity index (χ0n) is 13.8. The quantitative estimate of drug-likeness (QED) is 0.614. The molecule has 1 aliphatic rings. The standard InChI is InChI=1S/C23H18O/c1-15-13-16(2)20-19(14-15)23(24)22(18-11-7-4-8-12-18)21(20)17-9-5-3-6-10-17/h3-14H,1-2H3. The Morgan fingerprint density at radius 3 is 1.79 bits per heavy atom. The molecule has 1 nitrogen and oxygen atoms in total. The van der Waals surface area contributed by atoms with Crippen LogP contribution in [0, 0.1) is 13.8 Å². The van der Waals surface area contributed by atoms with Crippen molar-refractivity contribution in [3.63, 3.8) is 0 Å². The largest absolute Gasteiger partial charge is 0.289 e. The fourth-order valence-electron chi connectivity index (χ4n) is 3.63. The first-order valence-electron chi connectivity index (χ1n) is 8.18. The van der Waals surface area contributed by atoms with Crippen molar-refractivity contribution in [2.45, 2.75) is 13.8 Å². The second kappa shape index (κ2) is 5.61. The molecule has 0 spiro atoms. The van der Waals surface area contributed by atoms with Crippen LogP contribution in [-0.4, -0.2) is 5.78 Å². The minimum absolute atomic E-state index is 0.127. The average molecular weight is 310 g/mol. The van der Waals surface area contributed by atoms with E-state index in [1.54, 1.807) is 0 Å². The number of rotatable bonds is 2. The van der Waals surface area contributed by atoms with Gasteiger partial charge in [0.05, 0.1) is 0 Å². The van der Waals surface area contributed by atoms with Crippen molar-refractivity contribution in [3.8, 4) is 0 Å². The molecule has 0 unspecified atom stereocenters. The van der Waals surface area contributed by atoms with E-state index in [-0.39, 0.29) is 5.78 Å². The van der Waals surface area contributed by atoms with Crippen molar-refractivity contribution < 1.29 is 4.79 Å². The average Bonchev–Trinajstić information content (AvgIpc) is 2.90. The highest BCUT2D eigenvalue weighted by Gasteiger charge is 2.32. The predicted molar refractivity (Wildman–Crippen MR) is 99.0 cm³/mol. The summed E-state index contributed by atoms with van der Waals surface area (Å²) in [6, 6.07) is 24.4. The summed E-state index contributed by atoms with van der Waals surface area (Å²) in [7, 11) is 0. The van der Waals surface area contributed by atoms with Crippen LogP contribution in [0.5, 0.6) is 0 Å². The number of carbonyl (C=O) groups is 1. The van der Waals surface area contributed by atoms with Crippen molar-refractivity contribution in [2.75, 3.05) is 0 Å². The highest BCUT2D eigenvalue weighted by molar-refractivity contribution is 6.41. The summed E-state index contributed by atoms with van der Waals surface area (Å²) >= 11 is 0. The van der Waals surface area contributed by atoms with E-state index in [1.165, 1.54) is 0 Å². The summed E-state index contributed by atoms with van der Waals surface area (Å²) in [6.07, 6.45) is 0. The van der Waals surface area contributed by atoms with Gasteiger partial charge in [-0.15, -0.1) is 0 Å². The lowest BCUT2D eigenvalue weighted by Gasteiger charge is -2.11. The van der Waals surface area contributed by atoms with Gasteiger partial charge in [-0.25, -0.2) is 0 Å². The fourth-order valence-corrected chi connectivity index (χ4v) is 3.63. The molecule has 0 saturated heterocycles. The number of allylic oxidation sites excluding steroid dienone is 1. The number of benzene rings is 3. The van der Waals surface area contributed by atoms with Gasteiger partial charge in [0.1, 0.15) is 0 Å². The van der Waals surface area contributed by atoms with E-state index in [9.17, 15) is 4.79 Å². The van der Waals surface area contributed by atoms with Crippen molar-refractivity contribution in [1.82, 2.24) is 0 Å². The van der Waals surface area contributed by atoms with E-state index in [2.05, 4.69) is 25.1 Å². The highest BCUT2D eigenvalue weighted by atomic mass is 16.1. The number of carbonyl (C=O) groups excluding carboxylic acids is 1. The zero-order chi connectivity index (χ0) is 16.7. The summed E-state index contributed by atoms with van der Waals surface area (Å²) < 4.78 is 0. The van der Waals surface area contributed by atoms with Gasteiger partial charge in [0.2, 0.25) is 0 Å². The Hall–Kier alpha value is -2.93. The molecule has 24 heavy (non-hydrogen) atoms. The van der Waals surface area contributed by atoms with Crippen LogP contribution in [0.1, 0.15) is 38.2 Å². The molecular weight excluding hydrogens is 292 g/mol. The van der Waals surface area contributed by atoms with Crippen LogP contribution in [0.2, 0.25) is 0 Å². The molecular formula is C23H18O. The van der Waals surface area contributed by atoms with Gasteiger partial charge in [0, 0.05) is 16.7 Å². The molecule has 3 aromatic rings. The number of Topliss-reactive ketones (excluding diaryl/α,β-unsaturated/α-hetero) is 1. The molecule has 0 N–H and O–H groups in total. The SMILES string of the molecule is Cc1cc(C)c2c(c1)C(=O)C(c1ccccc1)=C2c1ccccc1. The molecule has 0 saturated carbocycles. The van der Waals surface area contributed by atoms with Gasteiger partial charge in [-0.2, -0.15) is 0 Å². The molecule has 1 aliphatic carbocycles. The van der Waals surface area contributed by atoms with Crippen LogP contribution in [0.15, 0.2) is 72.8 Å². The van der Waals surface area contributed by atoms with E-state index >= 15 is 0 Å². The predicted octanol–water partition coefficient (Wildman–Crippen LogP) is 5.46. The Morgan fingerprint density at radius 2 is 1.21 bits per heavy atom. The zero-order valence-corrected chi connectivity index (χ0v) is 13.8. The normalized spacial score (nSPS) is 13.3. The van der Waals surface area contributed by atoms with Gasteiger partial charge < -0.3 is 0 Å². The number of hydrogen-bond donors (Lipinski definition) is 0. The first-order valence-corrected chi connectivity index (χ1v) is 8.18. The third kappa shape index (κ3) is 2.21. The van der Waals surface area contributed by atoms with E-state index < -0.39 is 0 Å². The molecule has 0 amide bonds.